The van der Waals surface area contributed by atoms with Crippen molar-refractivity contribution in [2.75, 3.05) is 7.11 Å². The third kappa shape index (κ3) is 4.21. The number of carbonyl (C=O) groups is 2. The molecule has 4 nitrogen and oxygen atoms in total. The van der Waals surface area contributed by atoms with Crippen LogP contribution in [0, 0.1) is 5.41 Å². The Bertz CT molecular complexity index is 693. The summed E-state index contributed by atoms with van der Waals surface area (Å²) in [6.07, 6.45) is -4.45. The Morgan fingerprint density at radius 2 is 1.84 bits per heavy atom. The summed E-state index contributed by atoms with van der Waals surface area (Å²) in [7, 11) is 1.21. The number of alkyl halides is 3. The molecule has 1 aliphatic rings. The third-order valence-corrected chi connectivity index (χ3v) is 4.20. The highest BCUT2D eigenvalue weighted by Gasteiger charge is 2.51. The van der Waals surface area contributed by atoms with Crippen LogP contribution in [0.4, 0.5) is 13.2 Å². The number of esters is 1. The predicted octanol–water partition coefficient (Wildman–Crippen LogP) is 3.18. The molecule has 1 aliphatic carbocycles. The van der Waals surface area contributed by atoms with E-state index in [1.165, 1.54) is 7.11 Å². The van der Waals surface area contributed by atoms with E-state index in [2.05, 4.69) is 5.32 Å². The summed E-state index contributed by atoms with van der Waals surface area (Å²) in [6, 6.07) is 8.16. The van der Waals surface area contributed by atoms with Crippen molar-refractivity contribution in [2.24, 2.45) is 5.41 Å². The molecule has 0 spiro atoms. The highest BCUT2D eigenvalue weighted by atomic mass is 19.4. The summed E-state index contributed by atoms with van der Waals surface area (Å²) < 4.78 is 43.3. The van der Waals surface area contributed by atoms with Crippen molar-refractivity contribution in [3.63, 3.8) is 0 Å². The Balaban J connectivity index is 2.28. The smallest absolute Gasteiger partial charge is 0.454 e. The topological polar surface area (TPSA) is 55.4 Å². The van der Waals surface area contributed by atoms with Crippen LogP contribution in [0.25, 0.3) is 0 Å². The molecule has 0 aliphatic heterocycles. The Kier molecular flexibility index (Phi) is 5.25. The number of allylic oxidation sites excluding steroid dienone is 2. The highest BCUT2D eigenvalue weighted by molar-refractivity contribution is 6.02. The number of nitrogens with one attached hydrogen (secondary N) is 1. The Morgan fingerprint density at radius 3 is 2.32 bits per heavy atom. The van der Waals surface area contributed by atoms with Gasteiger partial charge in [-0.15, -0.1) is 0 Å². The van der Waals surface area contributed by atoms with Crippen LogP contribution in [0.15, 0.2) is 41.6 Å². The Hall–Kier alpha value is -2.31. The van der Waals surface area contributed by atoms with Crippen molar-refractivity contribution < 1.29 is 27.5 Å². The van der Waals surface area contributed by atoms with Crippen molar-refractivity contribution in [1.82, 2.24) is 5.32 Å². The first-order valence-electron chi connectivity index (χ1n) is 7.79. The van der Waals surface area contributed by atoms with Crippen LogP contribution in [0.5, 0.6) is 0 Å². The quantitative estimate of drug-likeness (QED) is 0.797. The lowest BCUT2D eigenvalue weighted by Gasteiger charge is -2.41. The molecule has 0 heterocycles. The van der Waals surface area contributed by atoms with E-state index in [9.17, 15) is 22.8 Å². The van der Waals surface area contributed by atoms with Gasteiger partial charge < -0.3 is 10.1 Å². The van der Waals surface area contributed by atoms with Gasteiger partial charge in [-0.25, -0.2) is 4.79 Å². The van der Waals surface area contributed by atoms with E-state index in [1.54, 1.807) is 38.1 Å². The molecule has 0 saturated carbocycles. The van der Waals surface area contributed by atoms with Gasteiger partial charge in [-0.1, -0.05) is 44.2 Å². The number of hydrogen-bond acceptors (Lipinski definition) is 4. The molecule has 0 bridgehead atoms. The van der Waals surface area contributed by atoms with Gasteiger partial charge in [-0.2, -0.15) is 13.2 Å². The number of halogens is 3. The highest BCUT2D eigenvalue weighted by Crippen LogP contribution is 2.47. The first-order valence-corrected chi connectivity index (χ1v) is 7.79. The number of ketones is 1. The Labute approximate surface area is 144 Å². The van der Waals surface area contributed by atoms with Crippen LogP contribution in [-0.4, -0.2) is 31.1 Å². The Morgan fingerprint density at radius 1 is 1.24 bits per heavy atom. The molecule has 0 radical (unpaired) electrons. The fraction of sp³-hybridized carbons (Fsp3) is 0.444. The fourth-order valence-corrected chi connectivity index (χ4v) is 3.03. The number of methoxy groups -OCH3 is 1. The minimum Gasteiger partial charge on any atom is -0.467 e. The van der Waals surface area contributed by atoms with Crippen molar-refractivity contribution in [1.29, 1.82) is 0 Å². The van der Waals surface area contributed by atoms with Crippen molar-refractivity contribution >= 4 is 11.8 Å². The van der Waals surface area contributed by atoms with Gasteiger partial charge in [0, 0.05) is 23.1 Å². The average molecular weight is 355 g/mol. The van der Waals surface area contributed by atoms with Crippen LogP contribution in [0.1, 0.15) is 25.8 Å². The summed E-state index contributed by atoms with van der Waals surface area (Å²) >= 11 is 0. The SMILES string of the molecule is COC(=O)C(Cc1ccccc1)NC1=C(C(=O)C(F)(F)F)C(C)(C)C1. The largest absolute Gasteiger partial charge is 0.467 e. The van der Waals surface area contributed by atoms with Gasteiger partial charge >= 0.3 is 12.1 Å². The molecule has 0 fully saturated rings. The molecule has 1 aromatic carbocycles. The van der Waals surface area contributed by atoms with Gasteiger partial charge in [0.15, 0.2) is 0 Å². The fourth-order valence-electron chi connectivity index (χ4n) is 3.03. The summed E-state index contributed by atoms with van der Waals surface area (Å²) in [5.74, 6) is -2.46. The third-order valence-electron chi connectivity index (χ3n) is 4.20. The summed E-state index contributed by atoms with van der Waals surface area (Å²) in [5.41, 5.74) is -0.226. The van der Waals surface area contributed by atoms with Gasteiger partial charge in [-0.05, 0) is 12.0 Å². The van der Waals surface area contributed by atoms with Crippen LogP contribution < -0.4 is 5.32 Å². The van der Waals surface area contributed by atoms with Crippen molar-refractivity contribution in [3.05, 3.63) is 47.2 Å². The second-order valence-electron chi connectivity index (χ2n) is 6.65. The molecule has 1 aromatic rings. The van der Waals surface area contributed by atoms with Gasteiger partial charge in [0.05, 0.1) is 7.11 Å². The van der Waals surface area contributed by atoms with Crippen molar-refractivity contribution in [3.8, 4) is 0 Å². The van der Waals surface area contributed by atoms with Gasteiger partial charge in [0.2, 0.25) is 0 Å². The van der Waals surface area contributed by atoms with Gasteiger partial charge in [0.25, 0.3) is 5.78 Å². The van der Waals surface area contributed by atoms with E-state index in [0.29, 0.717) is 0 Å². The average Bonchev–Trinajstić information content (AvgIpc) is 2.52. The van der Waals surface area contributed by atoms with Crippen molar-refractivity contribution in [2.45, 2.75) is 38.9 Å². The summed E-state index contributed by atoms with van der Waals surface area (Å²) in [6.45, 7) is 3.14. The maximum Gasteiger partial charge on any atom is 0.454 e. The second-order valence-corrected chi connectivity index (χ2v) is 6.65. The van der Waals surface area contributed by atoms with Crippen LogP contribution in [0.3, 0.4) is 0 Å². The number of benzene rings is 1. The zero-order valence-corrected chi connectivity index (χ0v) is 14.2. The van der Waals surface area contributed by atoms with Crippen LogP contribution in [-0.2, 0) is 20.7 Å². The van der Waals surface area contributed by atoms with E-state index < -0.39 is 29.4 Å². The second kappa shape index (κ2) is 6.90. The normalized spacial score (nSPS) is 17.5. The minimum absolute atomic E-state index is 0.152. The minimum atomic E-state index is -4.94. The molecule has 1 N–H and O–H groups in total. The first kappa shape index (κ1) is 19.0. The maximum atomic E-state index is 12.8. The molecule has 1 atom stereocenters. The van der Waals surface area contributed by atoms with E-state index in [-0.39, 0.29) is 24.1 Å². The lowest BCUT2D eigenvalue weighted by molar-refractivity contribution is -0.168. The molecule has 1 unspecified atom stereocenters. The van der Waals surface area contributed by atoms with Gasteiger partial charge in [0.1, 0.15) is 6.04 Å². The summed E-state index contributed by atoms with van der Waals surface area (Å²) in [5, 5.41) is 2.80. The molecule has 136 valence electrons. The molecule has 25 heavy (non-hydrogen) atoms. The molecule has 0 saturated heterocycles. The number of carbonyl (C=O) groups excluding carboxylic acids is 2. The van der Waals surface area contributed by atoms with Gasteiger partial charge in [-0.3, -0.25) is 4.79 Å². The monoisotopic (exact) mass is 355 g/mol. The number of rotatable bonds is 6. The summed E-state index contributed by atoms with van der Waals surface area (Å²) in [4.78, 5) is 23.7. The number of Topliss-reactive ketones (excluding diaryl/α,β-unsaturated/α-hetero) is 1. The van der Waals surface area contributed by atoms with E-state index >= 15 is 0 Å². The zero-order chi connectivity index (χ0) is 18.8. The van der Waals surface area contributed by atoms with E-state index in [1.807, 2.05) is 6.07 Å². The molecular formula is C18H20F3NO3. The lowest BCUT2D eigenvalue weighted by atomic mass is 9.67. The predicted molar refractivity (Wildman–Crippen MR) is 85.6 cm³/mol. The first-order chi connectivity index (χ1) is 11.6. The van der Waals surface area contributed by atoms with Crippen LogP contribution in [0.2, 0.25) is 0 Å². The van der Waals surface area contributed by atoms with Crippen LogP contribution >= 0.6 is 0 Å². The molecule has 7 heteroatoms. The molecule has 2 rings (SSSR count). The molecule has 0 aromatic heterocycles. The maximum absolute atomic E-state index is 12.8. The lowest BCUT2D eigenvalue weighted by Crippen LogP contribution is -2.48. The van der Waals surface area contributed by atoms with E-state index in [4.69, 9.17) is 4.74 Å². The molecular weight excluding hydrogens is 335 g/mol. The standard InChI is InChI=1S/C18H20F3NO3/c1-17(2)10-13(14(17)15(23)18(19,20)21)22-12(16(24)25-3)9-11-7-5-4-6-8-11/h4-8,12,22H,9-10H2,1-3H3. The van der Waals surface area contributed by atoms with E-state index in [0.717, 1.165) is 5.56 Å². The number of hydrogen-bond donors (Lipinski definition) is 1. The zero-order valence-electron chi connectivity index (χ0n) is 14.2. The number of ether oxygens (including phenoxy) is 1. The molecule has 0 amide bonds.